The second-order valence-corrected chi connectivity index (χ2v) is 13.4. The third-order valence-corrected chi connectivity index (χ3v) is 11.1. The van der Waals surface area contributed by atoms with Gasteiger partial charge in [-0.2, -0.15) is 0 Å². The van der Waals surface area contributed by atoms with Gasteiger partial charge in [0.15, 0.2) is 0 Å². The summed E-state index contributed by atoms with van der Waals surface area (Å²) in [7, 11) is -2.57. The maximum Gasteiger partial charge on any atom is 0.288 e. The van der Waals surface area contributed by atoms with Crippen molar-refractivity contribution in [1.82, 2.24) is 5.32 Å². The normalized spacial score (nSPS) is 12.0. The molecule has 3 aromatic rings. The van der Waals surface area contributed by atoms with Crippen LogP contribution in [0.5, 0.6) is 0 Å². The molecule has 0 aromatic heterocycles. The first-order valence-corrected chi connectivity index (χ1v) is 12.9. The Morgan fingerprint density at radius 1 is 0.938 bits per heavy atom. The van der Waals surface area contributed by atoms with Crippen molar-refractivity contribution in [1.29, 1.82) is 0 Å². The Balaban J connectivity index is 1.78. The number of rotatable bonds is 9. The van der Waals surface area contributed by atoms with Gasteiger partial charge in [-0.3, -0.25) is 10.1 Å². The van der Waals surface area contributed by atoms with E-state index in [2.05, 4.69) is 74.6 Å². The first kappa shape index (κ1) is 24.1. The molecule has 0 spiro atoms. The standard InChI is InChI=1S/C25H29ClN2O3Si/c1-25(2,3)32(21-12-6-4-7-13-21,22-14-8-5-9-15-22)31-18-17-27-19-20-11-10-16-23(24(20)26)28(29)30/h4-16,27H,17-19H2,1-3H3. The molecule has 3 rings (SSSR count). The van der Waals surface area contributed by atoms with Crippen LogP contribution in [0.25, 0.3) is 0 Å². The SMILES string of the molecule is CC(C)(C)[Si](OCCNCc1cccc([N+](=O)[O-])c1Cl)(c1ccccc1)c1ccccc1. The van der Waals surface area contributed by atoms with Crippen molar-refractivity contribution in [2.75, 3.05) is 13.2 Å². The van der Waals surface area contributed by atoms with Crippen LogP contribution in [0.3, 0.4) is 0 Å². The van der Waals surface area contributed by atoms with Gasteiger partial charge in [0, 0.05) is 25.8 Å². The highest BCUT2D eigenvalue weighted by atomic mass is 35.5. The Kier molecular flexibility index (Phi) is 7.85. The van der Waals surface area contributed by atoms with Gasteiger partial charge in [-0.05, 0) is 21.0 Å². The molecule has 7 heteroatoms. The summed E-state index contributed by atoms with van der Waals surface area (Å²) in [6.07, 6.45) is 0. The van der Waals surface area contributed by atoms with E-state index in [1.54, 1.807) is 12.1 Å². The summed E-state index contributed by atoms with van der Waals surface area (Å²) in [5, 5.41) is 17.0. The molecule has 168 valence electrons. The van der Waals surface area contributed by atoms with E-state index < -0.39 is 13.2 Å². The van der Waals surface area contributed by atoms with Gasteiger partial charge < -0.3 is 9.74 Å². The molecule has 5 nitrogen and oxygen atoms in total. The summed E-state index contributed by atoms with van der Waals surface area (Å²) >= 11 is 6.20. The van der Waals surface area contributed by atoms with Crippen LogP contribution in [-0.2, 0) is 11.0 Å². The van der Waals surface area contributed by atoms with Crippen LogP contribution in [0.2, 0.25) is 10.1 Å². The van der Waals surface area contributed by atoms with E-state index in [9.17, 15) is 10.1 Å². The number of nitrogens with one attached hydrogen (secondary N) is 1. The van der Waals surface area contributed by atoms with E-state index in [4.69, 9.17) is 16.0 Å². The zero-order chi connectivity index (χ0) is 23.2. The highest BCUT2D eigenvalue weighted by Gasteiger charge is 2.49. The smallest absolute Gasteiger partial charge is 0.288 e. The topological polar surface area (TPSA) is 64.4 Å². The highest BCUT2D eigenvalue weighted by Crippen LogP contribution is 2.36. The summed E-state index contributed by atoms with van der Waals surface area (Å²) < 4.78 is 6.83. The van der Waals surface area contributed by atoms with Crippen LogP contribution < -0.4 is 15.7 Å². The average molecular weight is 469 g/mol. The number of nitro groups is 1. The summed E-state index contributed by atoms with van der Waals surface area (Å²) in [5.41, 5.74) is 0.626. The van der Waals surface area contributed by atoms with Gasteiger partial charge >= 0.3 is 0 Å². The Morgan fingerprint density at radius 2 is 1.50 bits per heavy atom. The van der Waals surface area contributed by atoms with E-state index in [0.29, 0.717) is 25.3 Å². The molecule has 0 saturated carbocycles. The van der Waals surface area contributed by atoms with Crippen LogP contribution in [-0.4, -0.2) is 26.4 Å². The number of nitro benzene ring substituents is 1. The van der Waals surface area contributed by atoms with E-state index in [1.165, 1.54) is 16.4 Å². The van der Waals surface area contributed by atoms with Crippen molar-refractivity contribution in [3.8, 4) is 0 Å². The molecular formula is C25H29ClN2O3Si. The zero-order valence-corrected chi connectivity index (χ0v) is 20.4. The van der Waals surface area contributed by atoms with Crippen molar-refractivity contribution in [2.24, 2.45) is 0 Å². The van der Waals surface area contributed by atoms with E-state index in [1.807, 2.05) is 12.1 Å². The van der Waals surface area contributed by atoms with Crippen molar-refractivity contribution in [3.05, 3.63) is 99.6 Å². The molecule has 0 aliphatic rings. The second kappa shape index (κ2) is 10.4. The molecule has 0 aliphatic heterocycles. The fourth-order valence-corrected chi connectivity index (χ4v) is 8.93. The Bertz CT molecular complexity index is 1000. The molecule has 0 fully saturated rings. The largest absolute Gasteiger partial charge is 0.406 e. The summed E-state index contributed by atoms with van der Waals surface area (Å²) in [4.78, 5) is 10.6. The molecule has 0 unspecified atom stereocenters. The van der Waals surface area contributed by atoms with Gasteiger partial charge in [0.25, 0.3) is 14.0 Å². The maximum atomic E-state index is 11.1. The first-order valence-electron chi connectivity index (χ1n) is 10.6. The van der Waals surface area contributed by atoms with Crippen molar-refractivity contribution >= 4 is 36.0 Å². The zero-order valence-electron chi connectivity index (χ0n) is 18.7. The van der Waals surface area contributed by atoms with Crippen LogP contribution in [0, 0.1) is 10.1 Å². The lowest BCUT2D eigenvalue weighted by atomic mass is 10.2. The number of nitrogens with zero attached hydrogens (tertiary/aromatic N) is 1. The quantitative estimate of drug-likeness (QED) is 0.209. The maximum absolute atomic E-state index is 11.1. The minimum atomic E-state index is -2.57. The number of halogens is 1. The van der Waals surface area contributed by atoms with Crippen molar-refractivity contribution in [3.63, 3.8) is 0 Å². The summed E-state index contributed by atoms with van der Waals surface area (Å²) in [6.45, 7) is 8.29. The highest BCUT2D eigenvalue weighted by molar-refractivity contribution is 6.99. The molecule has 0 saturated heterocycles. The molecule has 0 radical (unpaired) electrons. The molecule has 0 heterocycles. The van der Waals surface area contributed by atoms with Gasteiger partial charge in [0.2, 0.25) is 0 Å². The minimum absolute atomic E-state index is 0.0745. The molecule has 0 bridgehead atoms. The van der Waals surface area contributed by atoms with Crippen LogP contribution in [0.15, 0.2) is 78.9 Å². The lowest BCUT2D eigenvalue weighted by Gasteiger charge is -2.43. The minimum Gasteiger partial charge on any atom is -0.406 e. The fraction of sp³-hybridized carbons (Fsp3) is 0.280. The molecule has 0 atom stereocenters. The van der Waals surface area contributed by atoms with Crippen LogP contribution in [0.1, 0.15) is 26.3 Å². The molecule has 0 amide bonds. The van der Waals surface area contributed by atoms with Gasteiger partial charge in [0.1, 0.15) is 5.02 Å². The van der Waals surface area contributed by atoms with Crippen molar-refractivity contribution in [2.45, 2.75) is 32.4 Å². The number of benzene rings is 3. The second-order valence-electron chi connectivity index (χ2n) is 8.70. The Labute approximate surface area is 195 Å². The Hall–Kier alpha value is -2.51. The Morgan fingerprint density at radius 3 is 2.00 bits per heavy atom. The predicted octanol–water partition coefficient (Wildman–Crippen LogP) is 4.91. The predicted molar refractivity (Wildman–Crippen MR) is 133 cm³/mol. The third-order valence-electron chi connectivity index (χ3n) is 5.58. The lowest BCUT2D eigenvalue weighted by molar-refractivity contribution is -0.384. The summed E-state index contributed by atoms with van der Waals surface area (Å²) in [6, 6.07) is 25.9. The monoisotopic (exact) mass is 468 g/mol. The molecule has 0 aliphatic carbocycles. The average Bonchev–Trinajstić information content (AvgIpc) is 2.77. The van der Waals surface area contributed by atoms with E-state index in [-0.39, 0.29) is 15.7 Å². The van der Waals surface area contributed by atoms with Gasteiger partial charge in [-0.1, -0.05) is 105 Å². The molecule has 32 heavy (non-hydrogen) atoms. The van der Waals surface area contributed by atoms with E-state index in [0.717, 1.165) is 0 Å². The van der Waals surface area contributed by atoms with Gasteiger partial charge in [-0.25, -0.2) is 0 Å². The summed E-state index contributed by atoms with van der Waals surface area (Å²) in [5.74, 6) is 0. The molecular weight excluding hydrogens is 440 g/mol. The van der Waals surface area contributed by atoms with Gasteiger partial charge in [0.05, 0.1) is 4.92 Å². The fourth-order valence-electron chi connectivity index (χ4n) is 4.10. The van der Waals surface area contributed by atoms with E-state index >= 15 is 0 Å². The van der Waals surface area contributed by atoms with Gasteiger partial charge in [-0.15, -0.1) is 0 Å². The lowest BCUT2D eigenvalue weighted by Crippen LogP contribution is -2.66. The molecule has 3 aromatic carbocycles. The first-order chi connectivity index (χ1) is 15.3. The number of hydrogen-bond donors (Lipinski definition) is 1. The van der Waals surface area contributed by atoms with Crippen molar-refractivity contribution < 1.29 is 9.35 Å². The van der Waals surface area contributed by atoms with Crippen LogP contribution >= 0.6 is 11.6 Å². The number of hydrogen-bond acceptors (Lipinski definition) is 4. The molecule has 1 N–H and O–H groups in total. The third kappa shape index (κ3) is 5.10. The van der Waals surface area contributed by atoms with Crippen LogP contribution in [0.4, 0.5) is 5.69 Å².